The molecular formula is C44H49Cl3N6O5S2. The molecule has 1 fully saturated rings. The molecule has 2 aliphatic rings. The van der Waals surface area contributed by atoms with Crippen LogP contribution < -0.4 is 14.9 Å². The van der Waals surface area contributed by atoms with Crippen LogP contribution in [0.4, 0.5) is 17.1 Å². The summed E-state index contributed by atoms with van der Waals surface area (Å²) in [6, 6.07) is 35.5. The molecule has 0 bridgehead atoms. The van der Waals surface area contributed by atoms with Crippen molar-refractivity contribution in [2.45, 2.75) is 47.7 Å². The number of rotatable bonds is 15. The highest BCUT2D eigenvalue weighted by atomic mass is 35.5. The fraction of sp³-hybridized carbons (Fsp3) is 0.295. The highest BCUT2D eigenvalue weighted by Gasteiger charge is 2.33. The lowest BCUT2D eigenvalue weighted by molar-refractivity contribution is -0.384. The van der Waals surface area contributed by atoms with Crippen LogP contribution in [0.15, 0.2) is 125 Å². The number of hydrogen-bond acceptors (Lipinski definition) is 10. The van der Waals surface area contributed by atoms with Crippen LogP contribution in [-0.4, -0.2) is 87.2 Å². The Hall–Kier alpha value is -4.34. The monoisotopic (exact) mass is 910 g/mol. The number of sulfonamides is 1. The van der Waals surface area contributed by atoms with Gasteiger partial charge in [-0.1, -0.05) is 66.2 Å². The van der Waals surface area contributed by atoms with Gasteiger partial charge in [0.05, 0.1) is 9.82 Å². The van der Waals surface area contributed by atoms with E-state index >= 15 is 0 Å². The molecule has 318 valence electrons. The fourth-order valence-corrected chi connectivity index (χ4v) is 9.82. The Labute approximate surface area is 373 Å². The molecule has 1 saturated heterocycles. The Balaban J connectivity index is 0.00000341. The molecule has 0 radical (unpaired) electrons. The first-order valence-electron chi connectivity index (χ1n) is 19.3. The van der Waals surface area contributed by atoms with Crippen molar-refractivity contribution in [3.63, 3.8) is 0 Å². The van der Waals surface area contributed by atoms with Crippen molar-refractivity contribution in [2.75, 3.05) is 56.2 Å². The van der Waals surface area contributed by atoms with Gasteiger partial charge < -0.3 is 15.1 Å². The number of nitrogens with one attached hydrogen (secondary N) is 2. The largest absolute Gasteiger partial charge is 0.376 e. The van der Waals surface area contributed by atoms with Gasteiger partial charge in [0.1, 0.15) is 5.69 Å². The molecule has 0 saturated carbocycles. The predicted molar refractivity (Wildman–Crippen MR) is 248 cm³/mol. The summed E-state index contributed by atoms with van der Waals surface area (Å²) in [6.07, 6.45) is 2.36. The Morgan fingerprint density at radius 2 is 1.68 bits per heavy atom. The molecule has 0 unspecified atom stereocenters. The van der Waals surface area contributed by atoms with Gasteiger partial charge in [-0.2, -0.15) is 0 Å². The summed E-state index contributed by atoms with van der Waals surface area (Å²) in [5.74, 6) is -0.149. The number of fused-ring (bicyclic) bond motifs is 3. The van der Waals surface area contributed by atoms with Crippen LogP contribution >= 0.6 is 48.2 Å². The summed E-state index contributed by atoms with van der Waals surface area (Å²) in [4.78, 5) is 32.7. The van der Waals surface area contributed by atoms with Crippen molar-refractivity contribution >= 4 is 81.2 Å². The van der Waals surface area contributed by atoms with E-state index in [1.165, 1.54) is 23.3 Å². The number of carbonyl (C=O) groups excluding carboxylic acids is 1. The van der Waals surface area contributed by atoms with Gasteiger partial charge in [-0.05, 0) is 117 Å². The van der Waals surface area contributed by atoms with Gasteiger partial charge in [0, 0.05) is 71.3 Å². The summed E-state index contributed by atoms with van der Waals surface area (Å²) < 4.78 is 29.2. The normalized spacial score (nSPS) is 15.5. The van der Waals surface area contributed by atoms with Gasteiger partial charge in [0.2, 0.25) is 0 Å². The van der Waals surface area contributed by atoms with E-state index in [2.05, 4.69) is 56.2 Å². The fourth-order valence-electron chi connectivity index (χ4n) is 7.70. The van der Waals surface area contributed by atoms with Crippen molar-refractivity contribution < 1.29 is 18.1 Å². The molecule has 5 aromatic carbocycles. The molecule has 2 atom stereocenters. The van der Waals surface area contributed by atoms with Crippen molar-refractivity contribution in [3.8, 4) is 11.1 Å². The van der Waals surface area contributed by atoms with Crippen LogP contribution in [0.2, 0.25) is 5.02 Å². The number of halogens is 3. The average Bonchev–Trinajstić information content (AvgIpc) is 3.22. The zero-order valence-electron chi connectivity index (χ0n) is 33.3. The molecule has 5 aromatic rings. The van der Waals surface area contributed by atoms with E-state index in [9.17, 15) is 23.3 Å². The number of thioether (sulfide) groups is 1. The summed E-state index contributed by atoms with van der Waals surface area (Å²) in [5, 5.41) is 16.2. The maximum Gasteiger partial charge on any atom is 0.293 e. The molecule has 2 aliphatic heterocycles. The van der Waals surface area contributed by atoms with Gasteiger partial charge in [-0.3, -0.25) is 19.8 Å². The molecule has 0 spiro atoms. The third-order valence-corrected chi connectivity index (χ3v) is 13.5. The maximum atomic E-state index is 13.5. The average molecular weight is 912 g/mol. The molecule has 2 N–H and O–H groups in total. The smallest absolute Gasteiger partial charge is 0.293 e. The Bertz CT molecular complexity index is 2370. The van der Waals surface area contributed by atoms with Crippen molar-refractivity contribution in [1.82, 2.24) is 14.5 Å². The molecule has 7 rings (SSSR count). The molecular weight excluding hydrogens is 863 g/mol. The van der Waals surface area contributed by atoms with Gasteiger partial charge in [-0.25, -0.2) is 13.1 Å². The van der Waals surface area contributed by atoms with Crippen LogP contribution in [0.1, 0.15) is 34.3 Å². The Morgan fingerprint density at radius 1 is 0.950 bits per heavy atom. The Kier molecular flexibility index (Phi) is 16.3. The second-order valence-electron chi connectivity index (χ2n) is 15.1. The molecule has 11 nitrogen and oxygen atoms in total. The van der Waals surface area contributed by atoms with Crippen molar-refractivity contribution in [3.05, 3.63) is 147 Å². The van der Waals surface area contributed by atoms with Crippen molar-refractivity contribution in [2.24, 2.45) is 0 Å². The number of benzene rings is 5. The zero-order chi connectivity index (χ0) is 40.8. The second-order valence-corrected chi connectivity index (χ2v) is 18.3. The van der Waals surface area contributed by atoms with Crippen LogP contribution in [0.25, 0.3) is 11.1 Å². The standard InChI is InChI=1S/C44H47ClN6O5S2.2ClH/c1-48(2)23-22-36(30-57-38-9-4-3-5-10-38)46-41-20-19-39(27-43(41)51(53)54)58(55,56)47-44(52)33-15-21-42-32(26-33)14-18-37-29-49(24-25-50(37)42)28-34-8-6-7-11-40(34)31-12-16-35(45)17-13-31;;/h3-13,15-17,19-21,26-27,36-37,46H,14,18,22-25,28-30H2,1-2H3,(H,47,52);2*1H/t36-,37+;;/m1../s1. The first-order chi connectivity index (χ1) is 27.9. The molecule has 60 heavy (non-hydrogen) atoms. The first-order valence-corrected chi connectivity index (χ1v) is 22.2. The number of amides is 1. The number of aryl methyl sites for hydroxylation is 1. The van der Waals surface area contributed by atoms with Crippen LogP contribution in [0.5, 0.6) is 0 Å². The summed E-state index contributed by atoms with van der Waals surface area (Å²) in [6.45, 7) is 4.18. The minimum atomic E-state index is -4.44. The number of nitrogens with zero attached hydrogens (tertiary/aromatic N) is 4. The number of hydrogen-bond donors (Lipinski definition) is 2. The minimum Gasteiger partial charge on any atom is -0.376 e. The zero-order valence-corrected chi connectivity index (χ0v) is 37.4. The molecule has 1 amide bonds. The predicted octanol–water partition coefficient (Wildman–Crippen LogP) is 9.04. The van der Waals surface area contributed by atoms with Gasteiger partial charge >= 0.3 is 0 Å². The quantitative estimate of drug-likeness (QED) is 0.0597. The minimum absolute atomic E-state index is 0. The number of piperazine rings is 1. The number of carbonyl (C=O) groups is 1. The molecule has 2 heterocycles. The summed E-state index contributed by atoms with van der Waals surface area (Å²) >= 11 is 7.79. The van der Waals surface area contributed by atoms with E-state index < -0.39 is 20.9 Å². The van der Waals surface area contributed by atoms with E-state index in [0.29, 0.717) is 23.2 Å². The molecule has 0 aromatic heterocycles. The lowest BCUT2D eigenvalue weighted by Crippen LogP contribution is -2.54. The number of anilines is 2. The van der Waals surface area contributed by atoms with E-state index in [1.54, 1.807) is 23.9 Å². The summed E-state index contributed by atoms with van der Waals surface area (Å²) in [5.41, 5.74) is 5.69. The topological polar surface area (TPSA) is 128 Å². The van der Waals surface area contributed by atoms with Crippen LogP contribution in [0, 0.1) is 10.1 Å². The summed E-state index contributed by atoms with van der Waals surface area (Å²) in [7, 11) is -0.509. The van der Waals surface area contributed by atoms with Crippen LogP contribution in [0.3, 0.4) is 0 Å². The highest BCUT2D eigenvalue weighted by molar-refractivity contribution is 7.99. The van der Waals surface area contributed by atoms with Crippen molar-refractivity contribution in [1.29, 1.82) is 0 Å². The molecule has 0 aliphatic carbocycles. The van der Waals surface area contributed by atoms with Gasteiger partial charge in [0.25, 0.3) is 21.6 Å². The van der Waals surface area contributed by atoms with Crippen LogP contribution in [-0.2, 0) is 23.0 Å². The van der Waals surface area contributed by atoms with Gasteiger partial charge in [-0.15, -0.1) is 36.6 Å². The van der Waals surface area contributed by atoms with E-state index in [0.717, 1.165) is 73.3 Å². The lowest BCUT2D eigenvalue weighted by Gasteiger charge is -2.46. The highest BCUT2D eigenvalue weighted by Crippen LogP contribution is 2.35. The third-order valence-electron chi connectivity index (χ3n) is 10.7. The van der Waals surface area contributed by atoms with E-state index in [4.69, 9.17) is 11.6 Å². The Morgan fingerprint density at radius 3 is 2.42 bits per heavy atom. The second kappa shape index (κ2) is 21.0. The SMILES string of the molecule is CN(C)CC[C@H](CSc1ccccc1)Nc1ccc(S(=O)(=O)NC(=O)c2ccc3c(c2)CC[C@H]2CN(Cc4ccccc4-c4ccc(Cl)cc4)CCN32)cc1[N+](=O)[O-].Cl.Cl. The van der Waals surface area contributed by atoms with E-state index in [1.807, 2.05) is 67.5 Å². The molecule has 16 heteroatoms. The third kappa shape index (κ3) is 11.5. The van der Waals surface area contributed by atoms with Gasteiger partial charge in [0.15, 0.2) is 0 Å². The van der Waals surface area contributed by atoms with E-state index in [-0.39, 0.29) is 52.7 Å². The number of nitro groups is 1. The lowest BCUT2D eigenvalue weighted by atomic mass is 9.92. The maximum absolute atomic E-state index is 13.5. The number of nitro benzene ring substituents is 1. The first kappa shape index (κ1) is 46.7.